The van der Waals surface area contributed by atoms with Gasteiger partial charge in [0.1, 0.15) is 5.54 Å². The van der Waals surface area contributed by atoms with Crippen molar-refractivity contribution in [3.8, 4) is 0 Å². The Morgan fingerprint density at radius 2 is 2.18 bits per heavy atom. The predicted molar refractivity (Wildman–Crippen MR) is 62.6 cm³/mol. The summed E-state index contributed by atoms with van der Waals surface area (Å²) in [5.74, 6) is -0.258. The van der Waals surface area contributed by atoms with Crippen molar-refractivity contribution in [1.82, 2.24) is 10.2 Å². The normalized spacial score (nSPS) is 28.4. The fourth-order valence-electron chi connectivity index (χ4n) is 2.39. The average Bonchev–Trinajstić information content (AvgIpc) is 3.00. The first-order chi connectivity index (χ1) is 8.04. The molecular formula is C12H20N2O3. The Morgan fingerprint density at radius 1 is 1.47 bits per heavy atom. The van der Waals surface area contributed by atoms with Crippen LogP contribution in [0.25, 0.3) is 0 Å². The number of hydrogen-bond donors (Lipinski definition) is 2. The zero-order valence-electron chi connectivity index (χ0n) is 10.2. The number of hydrogen-bond acceptors (Lipinski definition) is 3. The molecule has 0 aromatic rings. The molecule has 2 N–H and O–H groups in total. The topological polar surface area (TPSA) is 69.6 Å². The van der Waals surface area contributed by atoms with Crippen molar-refractivity contribution in [1.29, 1.82) is 0 Å². The Balaban J connectivity index is 1.86. The van der Waals surface area contributed by atoms with E-state index in [-0.39, 0.29) is 12.5 Å². The van der Waals surface area contributed by atoms with Crippen LogP contribution in [0.15, 0.2) is 0 Å². The van der Waals surface area contributed by atoms with Gasteiger partial charge >= 0.3 is 5.97 Å². The van der Waals surface area contributed by atoms with Gasteiger partial charge in [-0.05, 0) is 45.1 Å². The second-order valence-corrected chi connectivity index (χ2v) is 5.30. The van der Waals surface area contributed by atoms with Crippen molar-refractivity contribution < 1.29 is 14.7 Å². The van der Waals surface area contributed by atoms with E-state index in [0.717, 1.165) is 18.9 Å². The standard InChI is InChI=1S/C12H20N2O3/c1-12(11(16)17)5-2-6-14(12)10(15)8-13-7-9-3-4-9/h9,13H,2-8H2,1H3,(H,16,17). The summed E-state index contributed by atoms with van der Waals surface area (Å²) in [4.78, 5) is 24.7. The van der Waals surface area contributed by atoms with Crippen molar-refractivity contribution in [3.05, 3.63) is 0 Å². The van der Waals surface area contributed by atoms with Crippen molar-refractivity contribution in [3.63, 3.8) is 0 Å². The molecule has 2 aliphatic rings. The van der Waals surface area contributed by atoms with Crippen molar-refractivity contribution in [2.24, 2.45) is 5.92 Å². The molecule has 2 rings (SSSR count). The van der Waals surface area contributed by atoms with Gasteiger partial charge in [0.15, 0.2) is 0 Å². The summed E-state index contributed by atoms with van der Waals surface area (Å²) in [6, 6.07) is 0. The molecule has 0 aromatic carbocycles. The van der Waals surface area contributed by atoms with Crippen LogP contribution in [0.4, 0.5) is 0 Å². The summed E-state index contributed by atoms with van der Waals surface area (Å²) in [6.07, 6.45) is 3.82. The monoisotopic (exact) mass is 240 g/mol. The SMILES string of the molecule is CC1(C(=O)O)CCCN1C(=O)CNCC1CC1. The average molecular weight is 240 g/mol. The molecule has 1 saturated carbocycles. The third-order valence-corrected chi connectivity index (χ3v) is 3.81. The fourth-order valence-corrected chi connectivity index (χ4v) is 2.39. The third-order valence-electron chi connectivity index (χ3n) is 3.81. The largest absolute Gasteiger partial charge is 0.480 e. The molecule has 5 heteroatoms. The van der Waals surface area contributed by atoms with Gasteiger partial charge in [0, 0.05) is 6.54 Å². The lowest BCUT2D eigenvalue weighted by Crippen LogP contribution is -2.53. The molecule has 0 radical (unpaired) electrons. The molecule has 0 aromatic heterocycles. The van der Waals surface area contributed by atoms with Crippen LogP contribution in [0.2, 0.25) is 0 Å². The van der Waals surface area contributed by atoms with E-state index < -0.39 is 11.5 Å². The highest BCUT2D eigenvalue weighted by atomic mass is 16.4. The minimum absolute atomic E-state index is 0.0898. The second-order valence-electron chi connectivity index (χ2n) is 5.30. The molecule has 1 atom stereocenters. The first kappa shape index (κ1) is 12.4. The molecule has 1 unspecified atom stereocenters. The second kappa shape index (κ2) is 4.64. The minimum Gasteiger partial charge on any atom is -0.480 e. The van der Waals surface area contributed by atoms with Gasteiger partial charge in [0.05, 0.1) is 6.54 Å². The molecule has 0 spiro atoms. The van der Waals surface area contributed by atoms with Crippen LogP contribution in [-0.4, -0.2) is 47.1 Å². The van der Waals surface area contributed by atoms with Gasteiger partial charge in [0.25, 0.3) is 0 Å². The minimum atomic E-state index is -1.00. The van der Waals surface area contributed by atoms with E-state index in [0.29, 0.717) is 13.0 Å². The fraction of sp³-hybridized carbons (Fsp3) is 0.833. The lowest BCUT2D eigenvalue weighted by molar-refractivity contribution is -0.154. The quantitative estimate of drug-likeness (QED) is 0.732. The van der Waals surface area contributed by atoms with E-state index in [2.05, 4.69) is 5.32 Å². The van der Waals surface area contributed by atoms with Crippen LogP contribution in [0.5, 0.6) is 0 Å². The Bertz CT molecular complexity index is 328. The van der Waals surface area contributed by atoms with Gasteiger partial charge in [-0.1, -0.05) is 0 Å². The Kier molecular flexibility index (Phi) is 3.38. The number of likely N-dealkylation sites (tertiary alicyclic amines) is 1. The summed E-state index contributed by atoms with van der Waals surface area (Å²) in [5, 5.41) is 12.3. The van der Waals surface area contributed by atoms with Gasteiger partial charge in [-0.25, -0.2) is 4.79 Å². The number of nitrogens with zero attached hydrogens (tertiary/aromatic N) is 1. The number of carbonyl (C=O) groups is 2. The number of amides is 1. The zero-order chi connectivity index (χ0) is 12.5. The molecule has 1 amide bonds. The molecule has 96 valence electrons. The van der Waals surface area contributed by atoms with Gasteiger partial charge in [-0.2, -0.15) is 0 Å². The van der Waals surface area contributed by atoms with Crippen molar-refractivity contribution in [2.45, 2.75) is 38.1 Å². The first-order valence-electron chi connectivity index (χ1n) is 6.28. The summed E-state index contributed by atoms with van der Waals surface area (Å²) < 4.78 is 0. The lowest BCUT2D eigenvalue weighted by Gasteiger charge is -2.31. The molecule has 0 bridgehead atoms. The molecule has 5 nitrogen and oxygen atoms in total. The van der Waals surface area contributed by atoms with E-state index >= 15 is 0 Å². The van der Waals surface area contributed by atoms with Crippen LogP contribution >= 0.6 is 0 Å². The van der Waals surface area contributed by atoms with Gasteiger partial charge in [-0.3, -0.25) is 4.79 Å². The van der Waals surface area contributed by atoms with Crippen LogP contribution in [0.3, 0.4) is 0 Å². The zero-order valence-corrected chi connectivity index (χ0v) is 10.2. The van der Waals surface area contributed by atoms with Gasteiger partial charge in [0.2, 0.25) is 5.91 Å². The smallest absolute Gasteiger partial charge is 0.329 e. The van der Waals surface area contributed by atoms with Crippen LogP contribution in [0.1, 0.15) is 32.6 Å². The Morgan fingerprint density at radius 3 is 2.76 bits per heavy atom. The number of carboxylic acid groups (broad SMARTS) is 1. The summed E-state index contributed by atoms with van der Waals surface area (Å²) >= 11 is 0. The van der Waals surface area contributed by atoms with E-state index in [4.69, 9.17) is 0 Å². The summed E-state index contributed by atoms with van der Waals surface area (Å²) in [7, 11) is 0. The molecule has 1 aliphatic carbocycles. The highest BCUT2D eigenvalue weighted by Crippen LogP contribution is 2.29. The van der Waals surface area contributed by atoms with E-state index in [1.807, 2.05) is 0 Å². The molecule has 2 fully saturated rings. The molecule has 1 heterocycles. The van der Waals surface area contributed by atoms with E-state index in [1.54, 1.807) is 6.92 Å². The van der Waals surface area contributed by atoms with Gasteiger partial charge in [-0.15, -0.1) is 0 Å². The highest BCUT2D eigenvalue weighted by molar-refractivity contribution is 5.88. The number of carbonyl (C=O) groups excluding carboxylic acids is 1. The highest BCUT2D eigenvalue weighted by Gasteiger charge is 2.45. The number of carboxylic acids is 1. The summed E-state index contributed by atoms with van der Waals surface area (Å²) in [5.41, 5.74) is -1.00. The third kappa shape index (κ3) is 2.60. The molecule has 1 aliphatic heterocycles. The molecular weight excluding hydrogens is 220 g/mol. The van der Waals surface area contributed by atoms with E-state index in [1.165, 1.54) is 17.7 Å². The maximum Gasteiger partial charge on any atom is 0.329 e. The number of aliphatic carboxylic acids is 1. The predicted octanol–water partition coefficient (Wildman–Crippen LogP) is 0.452. The van der Waals surface area contributed by atoms with Crippen LogP contribution in [0, 0.1) is 5.92 Å². The lowest BCUT2D eigenvalue weighted by atomic mass is 9.99. The molecule has 17 heavy (non-hydrogen) atoms. The maximum absolute atomic E-state index is 12.0. The Hall–Kier alpha value is -1.10. The number of rotatable bonds is 5. The van der Waals surface area contributed by atoms with E-state index in [9.17, 15) is 14.7 Å². The van der Waals surface area contributed by atoms with Crippen molar-refractivity contribution in [2.75, 3.05) is 19.6 Å². The number of nitrogens with one attached hydrogen (secondary N) is 1. The molecule has 1 saturated heterocycles. The maximum atomic E-state index is 12.0. The summed E-state index contributed by atoms with van der Waals surface area (Å²) in [6.45, 7) is 3.34. The van der Waals surface area contributed by atoms with Crippen LogP contribution in [-0.2, 0) is 9.59 Å². The first-order valence-corrected chi connectivity index (χ1v) is 6.28. The Labute approximate surface area is 101 Å². The van der Waals surface area contributed by atoms with Crippen LogP contribution < -0.4 is 5.32 Å². The van der Waals surface area contributed by atoms with Crippen molar-refractivity contribution >= 4 is 11.9 Å². The van der Waals surface area contributed by atoms with Gasteiger partial charge < -0.3 is 15.3 Å².